The summed E-state index contributed by atoms with van der Waals surface area (Å²) in [6.45, 7) is 6.43. The van der Waals surface area contributed by atoms with E-state index in [1.165, 1.54) is 0 Å². The van der Waals surface area contributed by atoms with Crippen LogP contribution >= 0.6 is 0 Å². The Kier molecular flexibility index (Phi) is 7.14. The van der Waals surface area contributed by atoms with Crippen LogP contribution in [0.4, 0.5) is 4.39 Å². The van der Waals surface area contributed by atoms with Gasteiger partial charge in [-0.25, -0.2) is 9.37 Å². The number of rotatable bonds is 7. The van der Waals surface area contributed by atoms with E-state index in [1.807, 2.05) is 79.1 Å². The number of hydrogen-bond donors (Lipinski definition) is 0. The number of benzene rings is 3. The molecule has 0 radical (unpaired) electrons. The third-order valence-electron chi connectivity index (χ3n) is 7.01. The highest BCUT2D eigenvalue weighted by Gasteiger charge is 2.23. The van der Waals surface area contributed by atoms with Gasteiger partial charge in [-0.05, 0) is 75.0 Å². The van der Waals surface area contributed by atoms with Crippen molar-refractivity contribution in [2.45, 2.75) is 33.2 Å². The Morgan fingerprint density at radius 2 is 1.81 bits per heavy atom. The van der Waals surface area contributed by atoms with Gasteiger partial charge in [0, 0.05) is 25.2 Å². The second kappa shape index (κ2) is 10.6. The average molecular weight is 485 g/mol. The molecule has 0 spiro atoms. The summed E-state index contributed by atoms with van der Waals surface area (Å²) in [6.07, 6.45) is 2.02. The third kappa shape index (κ3) is 5.19. The van der Waals surface area contributed by atoms with Crippen LogP contribution in [0.1, 0.15) is 24.0 Å². The Hall–Kier alpha value is -3.51. The maximum Gasteiger partial charge on any atom is 0.261 e. The molecule has 3 aromatic carbocycles. The molecular weight excluding hydrogens is 452 g/mol. The number of alkyl halides is 1. The van der Waals surface area contributed by atoms with Crippen LogP contribution in [0.2, 0.25) is 0 Å². The van der Waals surface area contributed by atoms with Crippen molar-refractivity contribution in [2.75, 3.05) is 26.3 Å². The van der Waals surface area contributed by atoms with Crippen LogP contribution in [-0.4, -0.2) is 40.8 Å². The third-order valence-corrected chi connectivity index (χ3v) is 7.01. The van der Waals surface area contributed by atoms with Gasteiger partial charge in [-0.1, -0.05) is 42.0 Å². The molecule has 1 saturated heterocycles. The Morgan fingerprint density at radius 1 is 1.03 bits per heavy atom. The van der Waals surface area contributed by atoms with E-state index < -0.39 is 0 Å². The Balaban J connectivity index is 1.57. The molecule has 1 aliphatic heterocycles. The van der Waals surface area contributed by atoms with Gasteiger partial charge in [-0.15, -0.1) is 0 Å². The molecule has 36 heavy (non-hydrogen) atoms. The SMILES string of the molecule is Cc1ccc(Oc2ccc3nc(-c4ccccc4C)n(C[C@H]4CCCN(CC[18F])C4)c(=O)c3c2)cc1. The summed E-state index contributed by atoms with van der Waals surface area (Å²) < 4.78 is 20.9. The molecule has 0 unspecified atom stereocenters. The summed E-state index contributed by atoms with van der Waals surface area (Å²) >= 11 is 0. The number of ether oxygens (including phenoxy) is 1. The summed E-state index contributed by atoms with van der Waals surface area (Å²) in [7, 11) is 0. The molecule has 5 nitrogen and oxygen atoms in total. The molecule has 4 aromatic rings. The molecule has 5 rings (SSSR count). The van der Waals surface area contributed by atoms with Crippen LogP contribution in [0.3, 0.4) is 0 Å². The standard InChI is InChI=1S/C30H32FN3O2/c1-21-9-11-24(12-10-21)36-25-13-14-28-27(18-25)30(35)34(20-23-7-5-16-33(19-23)17-15-31)29(32-28)26-8-4-3-6-22(26)2/h3-4,6,8-14,18,23H,5,7,15-17,19-20H2,1-2H3/t23-/m0/s1/i31-1. The van der Waals surface area contributed by atoms with Crippen LogP contribution in [-0.2, 0) is 6.54 Å². The summed E-state index contributed by atoms with van der Waals surface area (Å²) in [6, 6.07) is 21.4. The number of aromatic nitrogens is 2. The molecule has 1 atom stereocenters. The van der Waals surface area contributed by atoms with Crippen LogP contribution in [0.5, 0.6) is 11.5 Å². The van der Waals surface area contributed by atoms with Crippen molar-refractivity contribution in [3.05, 3.63) is 88.2 Å². The van der Waals surface area contributed by atoms with Crippen LogP contribution in [0, 0.1) is 19.8 Å². The minimum atomic E-state index is -0.345. The van der Waals surface area contributed by atoms with Gasteiger partial charge >= 0.3 is 0 Å². The van der Waals surface area contributed by atoms with E-state index in [0.717, 1.165) is 48.4 Å². The van der Waals surface area contributed by atoms with Crippen LogP contribution in [0.15, 0.2) is 71.5 Å². The predicted octanol–water partition coefficient (Wildman–Crippen LogP) is 6.15. The number of aryl methyl sites for hydroxylation is 2. The lowest BCUT2D eigenvalue weighted by molar-refractivity contribution is 0.152. The molecule has 186 valence electrons. The molecular formula is C30H32FN3O2. The first kappa shape index (κ1) is 24.2. The molecule has 0 amide bonds. The van der Waals surface area contributed by atoms with Gasteiger partial charge in [0.2, 0.25) is 0 Å². The zero-order chi connectivity index (χ0) is 25.1. The van der Waals surface area contributed by atoms with E-state index in [4.69, 9.17) is 9.72 Å². The van der Waals surface area contributed by atoms with E-state index >= 15 is 0 Å². The smallest absolute Gasteiger partial charge is 0.261 e. The van der Waals surface area contributed by atoms with Crippen LogP contribution < -0.4 is 10.3 Å². The number of nitrogens with zero attached hydrogens (tertiary/aromatic N) is 3. The van der Waals surface area contributed by atoms with E-state index in [2.05, 4.69) is 4.90 Å². The molecule has 1 aromatic heterocycles. The fourth-order valence-electron chi connectivity index (χ4n) is 5.09. The van der Waals surface area contributed by atoms with Gasteiger partial charge in [0.1, 0.15) is 24.0 Å². The monoisotopic (exact) mass is 484 g/mol. The van der Waals surface area contributed by atoms with Gasteiger partial charge in [-0.3, -0.25) is 9.36 Å². The second-order valence-electron chi connectivity index (χ2n) is 9.76. The highest BCUT2D eigenvalue weighted by atomic mass is 18.2. The van der Waals surface area contributed by atoms with E-state index in [0.29, 0.717) is 35.6 Å². The molecule has 1 fully saturated rings. The number of halogens is 1. The Morgan fingerprint density at radius 3 is 2.58 bits per heavy atom. The fourth-order valence-corrected chi connectivity index (χ4v) is 5.09. The summed E-state index contributed by atoms with van der Waals surface area (Å²) in [5.41, 5.74) is 3.75. The number of fused-ring (bicyclic) bond motifs is 1. The van der Waals surface area contributed by atoms with Crippen molar-refractivity contribution in [3.63, 3.8) is 0 Å². The van der Waals surface area contributed by atoms with Crippen molar-refractivity contribution in [2.24, 2.45) is 5.92 Å². The maximum atomic E-state index is 14.0. The highest BCUT2D eigenvalue weighted by molar-refractivity contribution is 5.81. The van der Waals surface area contributed by atoms with Gasteiger partial charge in [0.05, 0.1) is 10.9 Å². The quantitative estimate of drug-likeness (QED) is 0.315. The van der Waals surface area contributed by atoms with E-state index in [1.54, 1.807) is 6.07 Å². The minimum absolute atomic E-state index is 0.0739. The van der Waals surface area contributed by atoms with Crippen molar-refractivity contribution in [1.29, 1.82) is 0 Å². The lowest BCUT2D eigenvalue weighted by Gasteiger charge is -2.32. The molecule has 0 aliphatic carbocycles. The van der Waals surface area contributed by atoms with Crippen LogP contribution in [0.25, 0.3) is 22.3 Å². The zero-order valence-electron chi connectivity index (χ0n) is 20.9. The number of likely N-dealkylation sites (tertiary alicyclic amines) is 1. The first-order chi connectivity index (χ1) is 17.5. The molecule has 0 bridgehead atoms. The Bertz CT molecular complexity index is 1410. The first-order valence-electron chi connectivity index (χ1n) is 12.7. The maximum absolute atomic E-state index is 14.0. The highest BCUT2D eigenvalue weighted by Crippen LogP contribution is 2.28. The largest absolute Gasteiger partial charge is 0.457 e. The van der Waals surface area contributed by atoms with Gasteiger partial charge in [0.15, 0.2) is 0 Å². The summed E-state index contributed by atoms with van der Waals surface area (Å²) in [5, 5.41) is 0.536. The molecule has 2 heterocycles. The van der Waals surface area contributed by atoms with Crippen molar-refractivity contribution in [3.8, 4) is 22.9 Å². The molecule has 6 heteroatoms. The lowest BCUT2D eigenvalue weighted by Crippen LogP contribution is -2.39. The molecule has 0 saturated carbocycles. The van der Waals surface area contributed by atoms with Crippen molar-refractivity contribution < 1.29 is 9.13 Å². The van der Waals surface area contributed by atoms with Gasteiger partial charge < -0.3 is 9.64 Å². The van der Waals surface area contributed by atoms with Crippen molar-refractivity contribution >= 4 is 10.9 Å². The van der Waals surface area contributed by atoms with E-state index in [9.17, 15) is 9.18 Å². The predicted molar refractivity (Wildman–Crippen MR) is 143 cm³/mol. The summed E-state index contributed by atoms with van der Waals surface area (Å²) in [4.78, 5) is 21.1. The van der Waals surface area contributed by atoms with Gasteiger partial charge in [-0.2, -0.15) is 0 Å². The van der Waals surface area contributed by atoms with Gasteiger partial charge in [0.25, 0.3) is 5.56 Å². The average Bonchev–Trinajstić information content (AvgIpc) is 2.88. The normalized spacial score (nSPS) is 16.4. The summed E-state index contributed by atoms with van der Waals surface area (Å²) in [5.74, 6) is 2.27. The topological polar surface area (TPSA) is 47.4 Å². The molecule has 0 N–H and O–H groups in total. The minimum Gasteiger partial charge on any atom is -0.457 e. The number of hydrogen-bond acceptors (Lipinski definition) is 4. The Labute approximate surface area is 211 Å². The molecule has 1 aliphatic rings. The fraction of sp³-hybridized carbons (Fsp3) is 0.333. The van der Waals surface area contributed by atoms with Crippen molar-refractivity contribution in [1.82, 2.24) is 14.5 Å². The lowest BCUT2D eigenvalue weighted by atomic mass is 9.97. The van der Waals surface area contributed by atoms with E-state index in [-0.39, 0.29) is 18.2 Å². The number of piperidine rings is 1. The second-order valence-corrected chi connectivity index (χ2v) is 9.76. The first-order valence-corrected chi connectivity index (χ1v) is 12.7. The zero-order valence-corrected chi connectivity index (χ0v) is 20.9.